The molecule has 0 aliphatic carbocycles. The van der Waals surface area contributed by atoms with E-state index in [9.17, 15) is 4.79 Å². The summed E-state index contributed by atoms with van der Waals surface area (Å²) in [5.74, 6) is 0. The first-order chi connectivity index (χ1) is 17.2. The molecule has 0 unspecified atom stereocenters. The smallest absolute Gasteiger partial charge is 0.250 e. The summed E-state index contributed by atoms with van der Waals surface area (Å²) in [6, 6.07) is 25.8. The summed E-state index contributed by atoms with van der Waals surface area (Å²) in [6.45, 7) is 2.59. The van der Waals surface area contributed by atoms with Gasteiger partial charge < -0.3 is 0 Å². The van der Waals surface area contributed by atoms with Gasteiger partial charge in [-0.2, -0.15) is 0 Å². The van der Waals surface area contributed by atoms with Crippen LogP contribution in [0.25, 0.3) is 33.2 Å². The Hall–Kier alpha value is -4.65. The van der Waals surface area contributed by atoms with E-state index in [4.69, 9.17) is 15.1 Å². The Kier molecular flexibility index (Phi) is 5.15. The van der Waals surface area contributed by atoms with E-state index in [0.717, 1.165) is 28.6 Å². The topological polar surface area (TPSA) is 79.2 Å². The molecule has 0 amide bonds. The standard InChI is InChI=1S/C28H22N6O/c1-19-9-5-6-12-21(19)17-30-34-26-24(25-27(34)32-23-14-8-7-13-22(23)31-25)28(35)33(18-29-26)16-15-20-10-3-2-4-11-20/h2-14,17-18H,15-16H2,1H3/p+1. The van der Waals surface area contributed by atoms with Gasteiger partial charge in [-0.3, -0.25) is 0 Å². The number of aryl methyl sites for hydroxylation is 3. The summed E-state index contributed by atoms with van der Waals surface area (Å²) in [5.41, 5.74) is 6.30. The van der Waals surface area contributed by atoms with E-state index < -0.39 is 0 Å². The largest absolute Gasteiger partial charge is 0.322 e. The Labute approximate surface area is 201 Å². The van der Waals surface area contributed by atoms with E-state index >= 15 is 0 Å². The Morgan fingerprint density at radius 3 is 2.43 bits per heavy atom. The molecule has 0 saturated carbocycles. The molecule has 6 rings (SSSR count). The Bertz CT molecular complexity index is 1780. The van der Waals surface area contributed by atoms with Gasteiger partial charge in [-0.25, -0.2) is 24.3 Å². The predicted octanol–water partition coefficient (Wildman–Crippen LogP) is 4.15. The molecule has 0 bridgehead atoms. The number of hydrogen-bond acceptors (Lipinski definition) is 4. The van der Waals surface area contributed by atoms with Crippen molar-refractivity contribution in [3.05, 3.63) is 112 Å². The molecular weight excluding hydrogens is 436 g/mol. The molecule has 1 N–H and O–H groups in total. The second-order valence-corrected chi connectivity index (χ2v) is 8.53. The third-order valence-corrected chi connectivity index (χ3v) is 6.25. The van der Waals surface area contributed by atoms with Gasteiger partial charge in [0.15, 0.2) is 11.7 Å². The van der Waals surface area contributed by atoms with Gasteiger partial charge in [-0.1, -0.05) is 66.7 Å². The number of H-pyrrole nitrogens is 1. The van der Waals surface area contributed by atoms with Crippen molar-refractivity contribution in [2.75, 3.05) is 0 Å². The SMILES string of the molecule is Cc1ccccc1C=Nn1c2nc3ccccc3nc2c2c(=O)n(CCc3ccccc3)c[nH+]c21. The fourth-order valence-corrected chi connectivity index (χ4v) is 4.33. The van der Waals surface area contributed by atoms with Crippen molar-refractivity contribution in [3.8, 4) is 0 Å². The van der Waals surface area contributed by atoms with Gasteiger partial charge in [-0.15, -0.1) is 9.78 Å². The van der Waals surface area contributed by atoms with Crippen LogP contribution in [0.5, 0.6) is 0 Å². The number of aromatic nitrogens is 5. The maximum Gasteiger partial charge on any atom is 0.322 e. The lowest BCUT2D eigenvalue weighted by molar-refractivity contribution is -0.357. The zero-order valence-corrected chi connectivity index (χ0v) is 19.2. The molecule has 3 heterocycles. The number of rotatable bonds is 5. The van der Waals surface area contributed by atoms with E-state index in [1.807, 2.05) is 73.7 Å². The van der Waals surface area contributed by atoms with Crippen molar-refractivity contribution >= 4 is 39.4 Å². The van der Waals surface area contributed by atoms with Gasteiger partial charge in [0.25, 0.3) is 5.65 Å². The number of nitrogens with zero attached hydrogens (tertiary/aromatic N) is 5. The fraction of sp³-hybridized carbons (Fsp3) is 0.107. The van der Waals surface area contributed by atoms with E-state index in [1.54, 1.807) is 21.8 Å². The van der Waals surface area contributed by atoms with Crippen LogP contribution in [0.3, 0.4) is 0 Å². The molecule has 0 saturated heterocycles. The van der Waals surface area contributed by atoms with Crippen molar-refractivity contribution in [2.24, 2.45) is 5.10 Å². The van der Waals surface area contributed by atoms with Crippen LogP contribution in [0.15, 0.2) is 95.1 Å². The summed E-state index contributed by atoms with van der Waals surface area (Å²) in [6.07, 6.45) is 4.25. The molecule has 7 nitrogen and oxygen atoms in total. The number of para-hydroxylation sites is 2. The normalized spacial score (nSPS) is 11.8. The molecule has 170 valence electrons. The van der Waals surface area contributed by atoms with Gasteiger partial charge in [0.1, 0.15) is 5.52 Å². The van der Waals surface area contributed by atoms with Gasteiger partial charge in [-0.05, 0) is 35.7 Å². The summed E-state index contributed by atoms with van der Waals surface area (Å²) in [7, 11) is 0. The predicted molar refractivity (Wildman–Crippen MR) is 138 cm³/mol. The molecule has 0 spiro atoms. The number of fused-ring (bicyclic) bond motifs is 4. The second kappa shape index (κ2) is 8.61. The lowest BCUT2D eigenvalue weighted by Crippen LogP contribution is -2.27. The summed E-state index contributed by atoms with van der Waals surface area (Å²) >= 11 is 0. The highest BCUT2D eigenvalue weighted by molar-refractivity contribution is 6.03. The highest BCUT2D eigenvalue weighted by atomic mass is 16.1. The van der Waals surface area contributed by atoms with Crippen LogP contribution in [-0.4, -0.2) is 25.4 Å². The number of benzene rings is 3. The fourth-order valence-electron chi connectivity index (χ4n) is 4.33. The zero-order valence-electron chi connectivity index (χ0n) is 19.2. The van der Waals surface area contributed by atoms with E-state index in [0.29, 0.717) is 28.7 Å². The first-order valence-electron chi connectivity index (χ1n) is 11.5. The Morgan fingerprint density at radius 1 is 0.914 bits per heavy atom. The van der Waals surface area contributed by atoms with Gasteiger partial charge in [0.2, 0.25) is 5.65 Å². The lowest BCUT2D eigenvalue weighted by atomic mass is 10.1. The molecule has 3 aromatic heterocycles. The molecule has 6 aromatic rings. The second-order valence-electron chi connectivity index (χ2n) is 8.53. The first kappa shape index (κ1) is 20.9. The number of aromatic amines is 1. The van der Waals surface area contributed by atoms with Crippen molar-refractivity contribution in [1.29, 1.82) is 0 Å². The number of hydrogen-bond donors (Lipinski definition) is 0. The maximum atomic E-state index is 13.7. The monoisotopic (exact) mass is 459 g/mol. The van der Waals surface area contributed by atoms with Crippen molar-refractivity contribution < 1.29 is 4.98 Å². The average molecular weight is 460 g/mol. The van der Waals surface area contributed by atoms with Crippen LogP contribution >= 0.6 is 0 Å². The molecule has 35 heavy (non-hydrogen) atoms. The van der Waals surface area contributed by atoms with Crippen LogP contribution in [0.4, 0.5) is 0 Å². The third kappa shape index (κ3) is 3.77. The van der Waals surface area contributed by atoms with Crippen LogP contribution < -0.4 is 10.5 Å². The molecule has 0 radical (unpaired) electrons. The molecule has 0 fully saturated rings. The zero-order chi connectivity index (χ0) is 23.8. The van der Waals surface area contributed by atoms with Crippen LogP contribution in [0, 0.1) is 6.92 Å². The highest BCUT2D eigenvalue weighted by Crippen LogP contribution is 2.24. The van der Waals surface area contributed by atoms with E-state index in [2.05, 4.69) is 17.1 Å². The molecule has 0 aliphatic heterocycles. The molecular formula is C28H23N6O+. The lowest BCUT2D eigenvalue weighted by Gasteiger charge is -2.02. The van der Waals surface area contributed by atoms with Crippen molar-refractivity contribution in [2.45, 2.75) is 19.9 Å². The first-order valence-corrected chi connectivity index (χ1v) is 11.5. The average Bonchev–Trinajstić information content (AvgIpc) is 3.20. The van der Waals surface area contributed by atoms with E-state index in [-0.39, 0.29) is 5.56 Å². The van der Waals surface area contributed by atoms with Gasteiger partial charge in [0, 0.05) is 6.42 Å². The molecule has 7 heteroatoms. The maximum absolute atomic E-state index is 13.7. The minimum atomic E-state index is -0.117. The van der Waals surface area contributed by atoms with Gasteiger partial charge >= 0.3 is 5.56 Å². The minimum Gasteiger partial charge on any atom is -0.250 e. The summed E-state index contributed by atoms with van der Waals surface area (Å²) < 4.78 is 3.38. The Balaban J connectivity index is 1.55. The van der Waals surface area contributed by atoms with Crippen molar-refractivity contribution in [3.63, 3.8) is 0 Å². The summed E-state index contributed by atoms with van der Waals surface area (Å²) in [4.78, 5) is 26.6. The van der Waals surface area contributed by atoms with Crippen LogP contribution in [0.2, 0.25) is 0 Å². The highest BCUT2D eigenvalue weighted by Gasteiger charge is 2.24. The Morgan fingerprint density at radius 2 is 1.63 bits per heavy atom. The molecule has 0 aliphatic rings. The third-order valence-electron chi connectivity index (χ3n) is 6.25. The van der Waals surface area contributed by atoms with Gasteiger partial charge in [0.05, 0.1) is 23.8 Å². The molecule has 0 atom stereocenters. The van der Waals surface area contributed by atoms with Crippen LogP contribution in [-0.2, 0) is 13.0 Å². The van der Waals surface area contributed by atoms with Crippen LogP contribution in [0.1, 0.15) is 16.7 Å². The quantitative estimate of drug-likeness (QED) is 0.363. The van der Waals surface area contributed by atoms with E-state index in [1.165, 1.54) is 5.56 Å². The van der Waals surface area contributed by atoms with Crippen molar-refractivity contribution in [1.82, 2.24) is 19.2 Å². The minimum absolute atomic E-state index is 0.117. The summed E-state index contributed by atoms with van der Waals surface area (Å²) in [5, 5.41) is 5.22. The number of nitrogens with one attached hydrogen (secondary N) is 1. The molecule has 3 aromatic carbocycles.